The van der Waals surface area contributed by atoms with Crippen molar-refractivity contribution in [3.05, 3.63) is 15.7 Å². The molecule has 8 heteroatoms. The lowest BCUT2D eigenvalue weighted by atomic mass is 10.2. The lowest BCUT2D eigenvalue weighted by Crippen LogP contribution is -2.26. The number of anilines is 1. The van der Waals surface area contributed by atoms with Gasteiger partial charge in [-0.15, -0.1) is 11.3 Å². The normalized spacial score (nSPS) is 11.1. The molecule has 6 nitrogen and oxygen atoms in total. The summed E-state index contributed by atoms with van der Waals surface area (Å²) in [6.07, 6.45) is 2.00. The summed E-state index contributed by atoms with van der Waals surface area (Å²) in [5.41, 5.74) is 0.839. The molecule has 0 bridgehead atoms. The van der Waals surface area contributed by atoms with Crippen molar-refractivity contribution in [1.82, 2.24) is 9.97 Å². The largest absolute Gasteiger partial charge is 0.459 e. The molecule has 2 rings (SSSR count). The van der Waals surface area contributed by atoms with Gasteiger partial charge in [-0.25, -0.2) is 9.78 Å². The Bertz CT molecular complexity index is 729. The molecule has 0 N–H and O–H groups in total. The van der Waals surface area contributed by atoms with E-state index in [1.54, 1.807) is 7.11 Å². The van der Waals surface area contributed by atoms with Crippen LogP contribution >= 0.6 is 22.9 Å². The monoisotopic (exact) mass is 385 g/mol. The van der Waals surface area contributed by atoms with Crippen LogP contribution in [0, 0.1) is 6.92 Å². The molecule has 2 aromatic heterocycles. The maximum Gasteiger partial charge on any atom is 0.348 e. The Morgan fingerprint density at radius 2 is 1.88 bits per heavy atom. The van der Waals surface area contributed by atoms with Gasteiger partial charge in [-0.1, -0.05) is 13.8 Å². The molecule has 0 radical (unpaired) electrons. The van der Waals surface area contributed by atoms with E-state index in [0.29, 0.717) is 16.3 Å². The average Bonchev–Trinajstić information content (AvgIpc) is 2.91. The fourth-order valence-electron chi connectivity index (χ4n) is 2.66. The van der Waals surface area contributed by atoms with Gasteiger partial charge in [0.1, 0.15) is 22.1 Å². The molecule has 0 spiro atoms. The minimum Gasteiger partial charge on any atom is -0.459 e. The van der Waals surface area contributed by atoms with Gasteiger partial charge in [0, 0.05) is 20.2 Å². The van der Waals surface area contributed by atoms with E-state index in [9.17, 15) is 4.79 Å². The Hall–Kier alpha value is -1.44. The summed E-state index contributed by atoms with van der Waals surface area (Å²) in [6, 6.07) is 0. The van der Waals surface area contributed by atoms with Crippen LogP contribution in [0.2, 0.25) is 5.28 Å². The number of fused-ring (bicyclic) bond motifs is 1. The highest BCUT2D eigenvalue weighted by Gasteiger charge is 2.23. The minimum absolute atomic E-state index is 0.195. The highest BCUT2D eigenvalue weighted by molar-refractivity contribution is 7.20. The minimum atomic E-state index is -0.364. The number of nitrogens with zero attached hydrogens (tertiary/aromatic N) is 3. The molecule has 25 heavy (non-hydrogen) atoms. The van der Waals surface area contributed by atoms with Crippen LogP contribution in [0.1, 0.15) is 41.9 Å². The number of carbonyl (C=O) groups excluding carboxylic acids is 1. The summed E-state index contributed by atoms with van der Waals surface area (Å²) >= 11 is 7.43. The predicted molar refractivity (Wildman–Crippen MR) is 102 cm³/mol. The van der Waals surface area contributed by atoms with Crippen LogP contribution in [0.25, 0.3) is 10.2 Å². The second kappa shape index (κ2) is 9.31. The van der Waals surface area contributed by atoms with Gasteiger partial charge in [-0.2, -0.15) is 4.98 Å². The summed E-state index contributed by atoms with van der Waals surface area (Å²) in [4.78, 5) is 24.6. The number of aryl methyl sites for hydroxylation is 1. The number of esters is 1. The fourth-order valence-corrected chi connectivity index (χ4v) is 3.95. The molecule has 2 heterocycles. The SMILES string of the molecule is CCCN(CCC)c1nc(Cl)nc2sc(C(=O)OCCOC)c(C)c12. The molecule has 0 atom stereocenters. The molecule has 0 aromatic carbocycles. The number of rotatable bonds is 9. The highest BCUT2D eigenvalue weighted by atomic mass is 35.5. The lowest BCUT2D eigenvalue weighted by molar-refractivity contribution is 0.0393. The third-order valence-electron chi connectivity index (χ3n) is 3.74. The van der Waals surface area contributed by atoms with Crippen molar-refractivity contribution in [2.75, 3.05) is 38.3 Å². The number of halogens is 1. The molecule has 2 aromatic rings. The fraction of sp³-hybridized carbons (Fsp3) is 0.588. The number of hydrogen-bond acceptors (Lipinski definition) is 7. The second-order valence-corrected chi connectivity index (χ2v) is 7.01. The number of thiophene rings is 1. The number of aromatic nitrogens is 2. The molecule has 0 aliphatic carbocycles. The Balaban J connectivity index is 2.47. The van der Waals surface area contributed by atoms with E-state index in [2.05, 4.69) is 28.7 Å². The standard InChI is InChI=1S/C17H24ClN3O3S/c1-5-7-21(8-6-2)14-12-11(3)13(16(22)24-10-9-23-4)25-15(12)20-17(18)19-14/h5-10H2,1-4H3. The predicted octanol–water partition coefficient (Wildman–Crippen LogP) is 4.08. The maximum atomic E-state index is 12.4. The van der Waals surface area contributed by atoms with Crippen molar-refractivity contribution < 1.29 is 14.3 Å². The number of carbonyl (C=O) groups is 1. The third kappa shape index (κ3) is 4.59. The Kier molecular flexibility index (Phi) is 7.40. The Morgan fingerprint density at radius 1 is 1.20 bits per heavy atom. The van der Waals surface area contributed by atoms with Gasteiger partial charge in [0.05, 0.1) is 12.0 Å². The Morgan fingerprint density at radius 3 is 2.48 bits per heavy atom. The maximum absolute atomic E-state index is 12.4. The summed E-state index contributed by atoms with van der Waals surface area (Å²) in [6.45, 7) is 8.50. The molecular formula is C17H24ClN3O3S. The van der Waals surface area contributed by atoms with Gasteiger partial charge in [0.25, 0.3) is 0 Å². The molecular weight excluding hydrogens is 362 g/mol. The molecule has 0 unspecified atom stereocenters. The molecule has 0 amide bonds. The van der Waals surface area contributed by atoms with Gasteiger partial charge in [0.15, 0.2) is 0 Å². The first-order chi connectivity index (χ1) is 12.0. The van der Waals surface area contributed by atoms with Gasteiger partial charge in [-0.3, -0.25) is 0 Å². The summed E-state index contributed by atoms with van der Waals surface area (Å²) in [7, 11) is 1.57. The van der Waals surface area contributed by atoms with Crippen molar-refractivity contribution in [2.24, 2.45) is 0 Å². The topological polar surface area (TPSA) is 64.6 Å². The van der Waals surface area contributed by atoms with Gasteiger partial charge in [-0.05, 0) is 36.9 Å². The first-order valence-corrected chi connectivity index (χ1v) is 9.60. The third-order valence-corrected chi connectivity index (χ3v) is 5.07. The summed E-state index contributed by atoms with van der Waals surface area (Å²) in [5, 5.41) is 1.08. The van der Waals surface area contributed by atoms with E-state index in [4.69, 9.17) is 21.1 Å². The molecule has 138 valence electrons. The van der Waals surface area contributed by atoms with Crippen LogP contribution < -0.4 is 4.90 Å². The highest BCUT2D eigenvalue weighted by Crippen LogP contribution is 2.36. The summed E-state index contributed by atoms with van der Waals surface area (Å²) in [5.74, 6) is 0.431. The number of methoxy groups -OCH3 is 1. The first kappa shape index (κ1) is 19.9. The number of ether oxygens (including phenoxy) is 2. The van der Waals surface area contributed by atoms with Gasteiger partial charge < -0.3 is 14.4 Å². The van der Waals surface area contributed by atoms with Crippen molar-refractivity contribution in [2.45, 2.75) is 33.6 Å². The average molecular weight is 386 g/mol. The van der Waals surface area contributed by atoms with E-state index in [1.165, 1.54) is 11.3 Å². The molecule has 0 aliphatic heterocycles. The van der Waals surface area contributed by atoms with Crippen molar-refractivity contribution in [1.29, 1.82) is 0 Å². The molecule has 0 saturated heterocycles. The van der Waals surface area contributed by atoms with E-state index >= 15 is 0 Å². The molecule has 0 saturated carbocycles. The van der Waals surface area contributed by atoms with Crippen LogP contribution in [0.15, 0.2) is 0 Å². The molecule has 0 fully saturated rings. The van der Waals surface area contributed by atoms with Crippen LogP contribution in [-0.2, 0) is 9.47 Å². The van der Waals surface area contributed by atoms with Crippen LogP contribution in [0.3, 0.4) is 0 Å². The smallest absolute Gasteiger partial charge is 0.348 e. The zero-order valence-corrected chi connectivity index (χ0v) is 16.7. The Labute approximate surface area is 157 Å². The van der Waals surface area contributed by atoms with Crippen molar-refractivity contribution in [3.8, 4) is 0 Å². The van der Waals surface area contributed by atoms with Crippen LogP contribution in [-0.4, -0.2) is 49.4 Å². The van der Waals surface area contributed by atoms with E-state index in [0.717, 1.165) is 42.7 Å². The van der Waals surface area contributed by atoms with Crippen molar-refractivity contribution in [3.63, 3.8) is 0 Å². The van der Waals surface area contributed by atoms with Gasteiger partial charge in [0.2, 0.25) is 5.28 Å². The zero-order valence-electron chi connectivity index (χ0n) is 15.1. The van der Waals surface area contributed by atoms with Crippen molar-refractivity contribution >= 4 is 44.9 Å². The van der Waals surface area contributed by atoms with E-state index in [1.807, 2.05) is 6.92 Å². The first-order valence-electron chi connectivity index (χ1n) is 8.41. The quantitative estimate of drug-likeness (QED) is 0.368. The zero-order chi connectivity index (χ0) is 18.4. The van der Waals surface area contributed by atoms with E-state index < -0.39 is 0 Å². The van der Waals surface area contributed by atoms with Crippen LogP contribution in [0.4, 0.5) is 5.82 Å². The van der Waals surface area contributed by atoms with Crippen LogP contribution in [0.5, 0.6) is 0 Å². The lowest BCUT2D eigenvalue weighted by Gasteiger charge is -2.23. The molecule has 0 aliphatic rings. The van der Waals surface area contributed by atoms with Gasteiger partial charge >= 0.3 is 5.97 Å². The summed E-state index contributed by atoms with van der Waals surface area (Å²) < 4.78 is 10.2. The number of hydrogen-bond donors (Lipinski definition) is 0. The van der Waals surface area contributed by atoms with E-state index in [-0.39, 0.29) is 17.9 Å². The second-order valence-electron chi connectivity index (χ2n) is 5.67.